The van der Waals surface area contributed by atoms with Gasteiger partial charge in [0.05, 0.1) is 16.6 Å². The standard InChI is InChI=1S/C47H64N10O9S/c1-5-19-56(45(61)36-22-35-15-14-34(24-40(35)53-41(48)25-36)33-9-6-10-38(23-33)67(64,65)57-26-32(27-57)28-58)21-8-20-55(4)47(63)66-29-31-12-16-37(17-13-31)52-43(59)39(11-7-18-51-46(50)62)54-44(60)42(49)30(2)3/h6,9-10,12-17,22-24,30,32,39,42,58H,5,7-8,11,18-21,25-29,49H2,1-4H3,(H2,48,53)(H,52,59)(H,54,60)(H3,50,51,62)/t39-,42-/m0/s1. The molecule has 0 aliphatic carbocycles. The number of rotatable bonds is 22. The van der Waals surface area contributed by atoms with E-state index >= 15 is 0 Å². The lowest BCUT2D eigenvalue weighted by Crippen LogP contribution is -2.51. The zero-order valence-electron chi connectivity index (χ0n) is 38.6. The number of fused-ring (bicyclic) bond motifs is 1. The van der Waals surface area contributed by atoms with Crippen LogP contribution in [0.1, 0.15) is 64.0 Å². The molecular weight excluding hydrogens is 881 g/mol. The highest BCUT2D eigenvalue weighted by Crippen LogP contribution is 2.34. The van der Waals surface area contributed by atoms with E-state index in [1.165, 1.54) is 9.21 Å². The molecule has 67 heavy (non-hydrogen) atoms. The van der Waals surface area contributed by atoms with Crippen molar-refractivity contribution in [3.8, 4) is 11.1 Å². The van der Waals surface area contributed by atoms with Crippen LogP contribution in [0.15, 0.2) is 82.2 Å². The van der Waals surface area contributed by atoms with Crippen LogP contribution >= 0.6 is 0 Å². The second-order valence-electron chi connectivity index (χ2n) is 17.2. The third kappa shape index (κ3) is 14.3. The van der Waals surface area contributed by atoms with Crippen LogP contribution in [0.25, 0.3) is 17.2 Å². The Hall–Kier alpha value is -6.35. The predicted molar refractivity (Wildman–Crippen MR) is 256 cm³/mol. The molecule has 2 aliphatic heterocycles. The lowest BCUT2D eigenvalue weighted by atomic mass is 10.0. The number of nitrogens with one attached hydrogen (secondary N) is 3. The molecule has 2 aliphatic rings. The summed E-state index contributed by atoms with van der Waals surface area (Å²) in [6.07, 6.45) is 3.14. The van der Waals surface area contributed by atoms with Gasteiger partial charge < -0.3 is 52.8 Å². The maximum absolute atomic E-state index is 14.0. The van der Waals surface area contributed by atoms with Gasteiger partial charge in [0, 0.05) is 82.1 Å². The summed E-state index contributed by atoms with van der Waals surface area (Å²) in [5, 5.41) is 17.3. The Morgan fingerprint density at radius 3 is 2.34 bits per heavy atom. The number of anilines is 1. The highest BCUT2D eigenvalue weighted by molar-refractivity contribution is 7.89. The van der Waals surface area contributed by atoms with E-state index in [4.69, 9.17) is 21.9 Å². The quantitative estimate of drug-likeness (QED) is 0.0716. The number of sulfonamides is 1. The summed E-state index contributed by atoms with van der Waals surface area (Å²) < 4.78 is 33.3. The Balaban J connectivity index is 1.13. The van der Waals surface area contributed by atoms with Crippen LogP contribution in [-0.4, -0.2) is 128 Å². The smallest absolute Gasteiger partial charge is 0.409 e. The van der Waals surface area contributed by atoms with E-state index in [2.05, 4.69) is 20.9 Å². The molecule has 362 valence electrons. The normalized spacial score (nSPS) is 14.9. The van der Waals surface area contributed by atoms with Gasteiger partial charge >= 0.3 is 12.1 Å². The lowest BCUT2D eigenvalue weighted by Gasteiger charge is -2.36. The maximum atomic E-state index is 14.0. The molecule has 0 spiro atoms. The third-order valence-electron chi connectivity index (χ3n) is 11.5. The molecule has 0 bridgehead atoms. The van der Waals surface area contributed by atoms with E-state index in [-0.39, 0.29) is 74.2 Å². The molecule has 19 nitrogen and oxygen atoms in total. The van der Waals surface area contributed by atoms with Crippen LogP contribution in [-0.2, 0) is 35.8 Å². The first kappa shape index (κ1) is 51.6. The van der Waals surface area contributed by atoms with Crippen molar-refractivity contribution in [2.45, 2.75) is 76.5 Å². The number of aliphatic hydroxyl groups excluding tert-OH is 1. The number of aliphatic hydroxyl groups is 1. The summed E-state index contributed by atoms with van der Waals surface area (Å²) in [5.74, 6) is -1.08. The van der Waals surface area contributed by atoms with Gasteiger partial charge in [0.25, 0.3) is 0 Å². The van der Waals surface area contributed by atoms with Gasteiger partial charge in [0.1, 0.15) is 18.5 Å². The first-order valence-electron chi connectivity index (χ1n) is 22.4. The number of carbonyl (C=O) groups is 5. The molecule has 10 N–H and O–H groups in total. The number of nitrogens with two attached hydrogens (primary N) is 3. The fraction of sp³-hybridized carbons (Fsp3) is 0.447. The number of nitrogens with zero attached hydrogens (tertiary/aromatic N) is 4. The largest absolute Gasteiger partial charge is 0.445 e. The molecule has 1 saturated heterocycles. The SMILES string of the molecule is CCCN(CCCN(C)C(=O)OCc1ccc(NC(=O)[C@H](CCCNC(N)=O)NC(=O)[C@@H](N)C(C)C)cc1)C(=O)C1=Cc2ccc(-c3cccc(S(=O)(=O)N4CC(CO)C4)c3)cc2N=C(N)C1. The van der Waals surface area contributed by atoms with E-state index < -0.39 is 46.0 Å². The van der Waals surface area contributed by atoms with Gasteiger partial charge in [-0.25, -0.2) is 23.0 Å². The number of amidine groups is 1. The van der Waals surface area contributed by atoms with Crippen molar-refractivity contribution in [2.75, 3.05) is 58.2 Å². The monoisotopic (exact) mass is 944 g/mol. The van der Waals surface area contributed by atoms with Crippen LogP contribution < -0.4 is 33.2 Å². The molecule has 0 radical (unpaired) electrons. The average molecular weight is 945 g/mol. The lowest BCUT2D eigenvalue weighted by molar-refractivity contribution is -0.128. The van der Waals surface area contributed by atoms with E-state index in [1.54, 1.807) is 74.3 Å². The van der Waals surface area contributed by atoms with E-state index in [9.17, 15) is 37.5 Å². The number of hydrogen-bond acceptors (Lipinski definition) is 12. The van der Waals surface area contributed by atoms with Gasteiger partial charge in [-0.15, -0.1) is 0 Å². The fourth-order valence-electron chi connectivity index (χ4n) is 7.43. The summed E-state index contributed by atoms with van der Waals surface area (Å²) in [6.45, 7) is 7.44. The minimum atomic E-state index is -3.71. The predicted octanol–water partition coefficient (Wildman–Crippen LogP) is 3.49. The number of hydrogen-bond donors (Lipinski definition) is 7. The topological polar surface area (TPSA) is 285 Å². The van der Waals surface area contributed by atoms with Gasteiger partial charge in [0.2, 0.25) is 27.7 Å². The molecule has 0 unspecified atom stereocenters. The molecule has 3 aromatic carbocycles. The van der Waals surface area contributed by atoms with Crippen molar-refractivity contribution in [1.29, 1.82) is 0 Å². The summed E-state index contributed by atoms with van der Waals surface area (Å²) in [4.78, 5) is 71.8. The van der Waals surface area contributed by atoms with Crippen LogP contribution in [0.5, 0.6) is 0 Å². The fourth-order valence-corrected chi connectivity index (χ4v) is 9.07. The number of primary amides is 1. The Bertz CT molecular complexity index is 2420. The molecular formula is C47H64N10O9S. The zero-order chi connectivity index (χ0) is 48.8. The Morgan fingerprint density at radius 2 is 1.67 bits per heavy atom. The van der Waals surface area contributed by atoms with Crippen molar-refractivity contribution in [2.24, 2.45) is 34.0 Å². The van der Waals surface area contributed by atoms with Crippen molar-refractivity contribution < 1.29 is 42.2 Å². The molecule has 3 aromatic rings. The molecule has 2 heterocycles. The van der Waals surface area contributed by atoms with E-state index in [0.717, 1.165) is 5.56 Å². The average Bonchev–Trinajstić information content (AvgIpc) is 3.45. The summed E-state index contributed by atoms with van der Waals surface area (Å²) >= 11 is 0. The highest BCUT2D eigenvalue weighted by atomic mass is 32.2. The third-order valence-corrected chi connectivity index (χ3v) is 13.3. The van der Waals surface area contributed by atoms with E-state index in [1.807, 2.05) is 31.2 Å². The maximum Gasteiger partial charge on any atom is 0.409 e. The van der Waals surface area contributed by atoms with Crippen molar-refractivity contribution in [1.82, 2.24) is 24.7 Å². The summed E-state index contributed by atoms with van der Waals surface area (Å²) in [5.41, 5.74) is 21.7. The number of benzene rings is 3. The first-order chi connectivity index (χ1) is 31.9. The van der Waals surface area contributed by atoms with Crippen molar-refractivity contribution in [3.05, 3.63) is 83.4 Å². The molecule has 20 heteroatoms. The van der Waals surface area contributed by atoms with Gasteiger partial charge in [-0.1, -0.05) is 57.2 Å². The number of carbonyl (C=O) groups excluding carboxylic acids is 5. The minimum Gasteiger partial charge on any atom is -0.445 e. The molecule has 0 saturated carbocycles. The molecule has 2 atom stereocenters. The number of aliphatic imine (C=N–C) groups is 1. The highest BCUT2D eigenvalue weighted by Gasteiger charge is 2.36. The van der Waals surface area contributed by atoms with Crippen molar-refractivity contribution in [3.63, 3.8) is 0 Å². The van der Waals surface area contributed by atoms with E-state index in [0.29, 0.717) is 72.5 Å². The second-order valence-corrected chi connectivity index (χ2v) is 19.1. The number of amides is 6. The van der Waals surface area contributed by atoms with Crippen LogP contribution in [0.3, 0.4) is 0 Å². The Labute approximate surface area is 392 Å². The van der Waals surface area contributed by atoms with Gasteiger partial charge in [-0.3, -0.25) is 14.4 Å². The van der Waals surface area contributed by atoms with Crippen LogP contribution in [0.2, 0.25) is 0 Å². The van der Waals surface area contributed by atoms with Crippen molar-refractivity contribution >= 4 is 63.2 Å². The Morgan fingerprint density at radius 1 is 0.955 bits per heavy atom. The van der Waals surface area contributed by atoms with Crippen LogP contribution in [0.4, 0.5) is 21.0 Å². The molecule has 6 amide bonds. The zero-order valence-corrected chi connectivity index (χ0v) is 39.4. The molecule has 0 aromatic heterocycles. The van der Waals surface area contributed by atoms with Gasteiger partial charge in [0.15, 0.2) is 0 Å². The number of urea groups is 1. The Kier molecular flexibility index (Phi) is 18.4. The first-order valence-corrected chi connectivity index (χ1v) is 23.9. The number of ether oxygens (including phenoxy) is 1. The summed E-state index contributed by atoms with van der Waals surface area (Å²) in [7, 11) is -2.10. The van der Waals surface area contributed by atoms with Crippen LogP contribution in [0, 0.1) is 11.8 Å². The minimum absolute atomic E-state index is 0.0317. The van der Waals surface area contributed by atoms with Gasteiger partial charge in [-0.05, 0) is 84.7 Å². The molecule has 5 rings (SSSR count). The second kappa shape index (κ2) is 23.9. The summed E-state index contributed by atoms with van der Waals surface area (Å²) in [6, 6.07) is 16.5. The molecule has 1 fully saturated rings. The van der Waals surface area contributed by atoms with Gasteiger partial charge in [-0.2, -0.15) is 4.31 Å².